The number of rotatable bonds is 7. The average Bonchev–Trinajstić information content (AvgIpc) is 3.24. The molecule has 0 aliphatic carbocycles. The molecule has 1 atom stereocenters. The first kappa shape index (κ1) is 6.05. The van der Waals surface area contributed by atoms with Gasteiger partial charge in [0.1, 0.15) is 5.56 Å². The standard InChI is InChI=1S/C17H26N6O3/c1-11(2)23-15-13(19-21-20-15)14(24)12(17(23)26)16(25)18-7-6-10-22-8-4-3-5-9-22/h11,24H,3-10H2,1-2H3,(H,18,25)(H,19,20,21)/i1D3,3D2,4D2,5D2,8D2,9D2,10D2,11D/hD3. The lowest BCUT2D eigenvalue weighted by Crippen LogP contribution is -2.36. The number of fused-ring (bicyclic) bond motifs is 1. The predicted octanol–water partition coefficient (Wildman–Crippen LogP) is 1.01. The fraction of sp³-hybridized carbons (Fsp3) is 0.647. The second-order valence-corrected chi connectivity index (χ2v) is 4.92. The third-order valence-corrected chi connectivity index (χ3v) is 3.21. The molecule has 26 heavy (non-hydrogen) atoms. The number of nitrogens with one attached hydrogen (secondary N) is 2. The number of hydrogen-bond donors (Lipinski definition) is 3. The molecule has 3 N–H and O–H groups in total. The fourth-order valence-corrected chi connectivity index (χ4v) is 2.13. The molecular formula is C17H26N6O3. The van der Waals surface area contributed by atoms with Crippen LogP contribution in [0.5, 0.6) is 5.75 Å². The molecule has 0 aromatic carbocycles. The monoisotopic (exact) mass is 381 g/mol. The second kappa shape index (κ2) is 7.86. The maximum Gasteiger partial charge on any atom is 0.293 e. The molecule has 9 heteroatoms. The first-order valence-electron chi connectivity index (χ1n) is 16.5. The van der Waals surface area contributed by atoms with Crippen LogP contribution in [-0.2, 0) is 0 Å². The van der Waals surface area contributed by atoms with Crippen molar-refractivity contribution in [3.8, 4) is 5.75 Å². The molecule has 0 saturated carbocycles. The second-order valence-electron chi connectivity index (χ2n) is 4.92. The van der Waals surface area contributed by atoms with Crippen LogP contribution < -0.4 is 10.9 Å². The van der Waals surface area contributed by atoms with E-state index in [1.54, 1.807) is 0 Å². The van der Waals surface area contributed by atoms with Crippen LogP contribution >= 0.6 is 0 Å². The molecule has 1 unspecified atom stereocenters. The summed E-state index contributed by atoms with van der Waals surface area (Å²) in [5.74, 6) is -2.75. The number of amides is 1. The summed E-state index contributed by atoms with van der Waals surface area (Å²) in [5, 5.41) is 11.1. The van der Waals surface area contributed by atoms with Gasteiger partial charge in [0.25, 0.3) is 12.9 Å². The number of aromatic nitrogens is 4. The Kier molecular flexibility index (Phi) is 1.83. The zero-order valence-electron chi connectivity index (χ0n) is 32.3. The Morgan fingerprint density at radius 2 is 2.46 bits per heavy atom. The summed E-state index contributed by atoms with van der Waals surface area (Å²) in [4.78, 5) is 26.4. The van der Waals surface area contributed by atoms with Gasteiger partial charge in [-0.15, -0.1) is 5.10 Å². The molecule has 1 aliphatic rings. The minimum atomic E-state index is -3.87. The van der Waals surface area contributed by atoms with Gasteiger partial charge in [-0.3, -0.25) is 14.2 Å². The van der Waals surface area contributed by atoms with Gasteiger partial charge < -0.3 is 15.3 Å². The number of piperidine rings is 1. The van der Waals surface area contributed by atoms with E-state index < -0.39 is 103 Å². The van der Waals surface area contributed by atoms with Crippen LogP contribution in [0, 0.1) is 0 Å². The van der Waals surface area contributed by atoms with Gasteiger partial charge in [0, 0.05) is 33.1 Å². The summed E-state index contributed by atoms with van der Waals surface area (Å²) in [7, 11) is 0. The molecule has 2 aromatic heterocycles. The number of pyridine rings is 1. The third kappa shape index (κ3) is 3.57. The maximum atomic E-state index is 13.5. The minimum absolute atomic E-state index is 0.124. The number of carbonyl (C=O) groups excluding carboxylic acids is 1. The Labute approximate surface area is 178 Å². The molecule has 0 radical (unpaired) electrons. The van der Waals surface area contributed by atoms with Crippen LogP contribution in [0.25, 0.3) is 11.2 Å². The fourth-order valence-electron chi connectivity index (χ4n) is 2.13. The first-order chi connectivity index (χ1) is 19.9. The van der Waals surface area contributed by atoms with Crippen molar-refractivity contribution in [3.63, 3.8) is 0 Å². The molecule has 1 fully saturated rings. The van der Waals surface area contributed by atoms with Gasteiger partial charge in [-0.1, -0.05) is 11.6 Å². The Morgan fingerprint density at radius 1 is 1.65 bits per heavy atom. The molecule has 0 bridgehead atoms. The van der Waals surface area contributed by atoms with Crippen LogP contribution in [0.4, 0.5) is 0 Å². The van der Waals surface area contributed by atoms with Crippen molar-refractivity contribution in [2.24, 2.45) is 0 Å². The van der Waals surface area contributed by atoms with Gasteiger partial charge >= 0.3 is 0 Å². The highest BCUT2D eigenvalue weighted by atomic mass is 16.3. The summed E-state index contributed by atoms with van der Waals surface area (Å²) in [6, 6.07) is -2.91. The molecule has 1 amide bonds. The topological polar surface area (TPSA) is 116 Å². The van der Waals surface area contributed by atoms with Crippen molar-refractivity contribution in [1.29, 1.82) is 1.43 Å². The number of likely N-dealkylation sites (tertiary alicyclic amines) is 1. The van der Waals surface area contributed by atoms with Crippen LogP contribution in [0.2, 0.25) is 2.82 Å². The van der Waals surface area contributed by atoms with Gasteiger partial charge in [0.05, 0.1) is 1.37 Å². The zero-order valence-corrected chi connectivity index (χ0v) is 13.3. The van der Waals surface area contributed by atoms with E-state index >= 15 is 0 Å². The third-order valence-electron chi connectivity index (χ3n) is 3.21. The molecule has 142 valence electrons. The number of aromatic hydroxyl groups is 1. The van der Waals surface area contributed by atoms with E-state index in [4.69, 9.17) is 26.2 Å². The summed E-state index contributed by atoms with van der Waals surface area (Å²) in [6.07, 6.45) is -12.8. The summed E-state index contributed by atoms with van der Waals surface area (Å²) >= 11 is 0. The minimum Gasteiger partial charge on any atom is -0.505 e. The van der Waals surface area contributed by atoms with E-state index in [1.165, 1.54) is 0 Å². The van der Waals surface area contributed by atoms with Crippen molar-refractivity contribution in [2.45, 2.75) is 45.3 Å². The summed E-state index contributed by atoms with van der Waals surface area (Å²) < 4.78 is 152. The van der Waals surface area contributed by atoms with Gasteiger partial charge in [-0.2, -0.15) is 0 Å². The quantitative estimate of drug-likeness (QED) is 0.659. The Balaban J connectivity index is 2.11. The van der Waals surface area contributed by atoms with Crippen molar-refractivity contribution < 1.29 is 34.7 Å². The molecule has 3 rings (SSSR count). The van der Waals surface area contributed by atoms with Crippen molar-refractivity contribution in [1.82, 2.24) is 30.2 Å². The maximum absolute atomic E-state index is 13.5. The van der Waals surface area contributed by atoms with Crippen LogP contribution in [0.3, 0.4) is 0 Å². The highest BCUT2D eigenvalue weighted by Gasteiger charge is 2.25. The molecule has 1 saturated heterocycles. The molecule has 2 aromatic rings. The van der Waals surface area contributed by atoms with Crippen LogP contribution in [0.1, 0.15) is 77.6 Å². The van der Waals surface area contributed by atoms with E-state index in [0.29, 0.717) is 0 Å². The SMILES string of the molecule is [2H]Oc1c(C(=O)N([2H])CCC([2H])([2H])N2C([2H])([2H])C([2H])([2H])C([2H])([2H])C([2H])([2H])C2([2H])[2H])c(=O)n(C([2H])(C)C([2H])([2H])[2H])c2c1nnn2[2H]. The zero-order chi connectivity index (χ0) is 35.3. The van der Waals surface area contributed by atoms with Gasteiger partial charge in [-0.25, -0.2) is 5.09 Å². The van der Waals surface area contributed by atoms with Crippen molar-refractivity contribution in [2.75, 3.05) is 26.0 Å². The highest BCUT2D eigenvalue weighted by molar-refractivity contribution is 6.00. The molecule has 0 spiro atoms. The number of H-pyrrole nitrogens is 1. The molecule has 3 heterocycles. The van der Waals surface area contributed by atoms with E-state index in [9.17, 15) is 9.59 Å². The summed E-state index contributed by atoms with van der Waals surface area (Å²) in [6.45, 7) is -14.9. The van der Waals surface area contributed by atoms with Gasteiger partial charge in [0.2, 0.25) is 0 Å². The van der Waals surface area contributed by atoms with E-state index in [0.717, 1.165) is 6.92 Å². The largest absolute Gasteiger partial charge is 0.505 e. The van der Waals surface area contributed by atoms with Crippen LogP contribution in [-0.4, -0.2) is 63.4 Å². The number of aromatic amines is 1. The number of carbonyl (C=O) groups is 1. The van der Waals surface area contributed by atoms with E-state index in [1.807, 2.05) is 0 Å². The first-order valence-corrected chi connectivity index (χ1v) is 7.19. The van der Waals surface area contributed by atoms with Crippen LogP contribution in [0.15, 0.2) is 4.79 Å². The lowest BCUT2D eigenvalue weighted by Gasteiger charge is -2.26. The number of hydrogen-bond acceptors (Lipinski definition) is 6. The molecule has 9 nitrogen and oxygen atoms in total. The normalized spacial score (nSPS) is 39.2. The predicted molar refractivity (Wildman–Crippen MR) is 97.4 cm³/mol. The Bertz CT molecular complexity index is 1530. The number of nitrogens with zero attached hydrogens (tertiary/aromatic N) is 4. The van der Waals surface area contributed by atoms with Gasteiger partial charge in [-0.05, 0) is 52.4 Å². The van der Waals surface area contributed by atoms with Gasteiger partial charge in [0.15, 0.2) is 19.7 Å². The lowest BCUT2D eigenvalue weighted by molar-refractivity contribution is 0.0946. The summed E-state index contributed by atoms with van der Waals surface area (Å²) in [5.41, 5.74) is -4.44. The Hall–Kier alpha value is -2.42. The highest BCUT2D eigenvalue weighted by Crippen LogP contribution is 2.24. The Morgan fingerprint density at radius 3 is 3.19 bits per heavy atom. The smallest absolute Gasteiger partial charge is 0.293 e. The lowest BCUT2D eigenvalue weighted by atomic mass is 10.1. The van der Waals surface area contributed by atoms with Crippen molar-refractivity contribution >= 4 is 17.1 Å². The molecule has 1 aliphatic heterocycles. The molecular weight excluding hydrogens is 336 g/mol. The van der Waals surface area contributed by atoms with Crippen molar-refractivity contribution in [3.05, 3.63) is 15.9 Å². The van der Waals surface area contributed by atoms with E-state index in [-0.39, 0.29) is 15.0 Å². The average molecular weight is 382 g/mol. The van der Waals surface area contributed by atoms with E-state index in [2.05, 4.69) is 15.4 Å².